The molecule has 1 aliphatic heterocycles. The van der Waals surface area contributed by atoms with E-state index in [9.17, 15) is 0 Å². The van der Waals surface area contributed by atoms with Crippen LogP contribution in [0.4, 0.5) is 0 Å². The van der Waals surface area contributed by atoms with Crippen LogP contribution in [0.25, 0.3) is 109 Å². The minimum atomic E-state index is 0.588. The number of rotatable bonds is 3. The van der Waals surface area contributed by atoms with E-state index >= 15 is 0 Å². The highest BCUT2D eigenvalue weighted by Gasteiger charge is 2.28. The van der Waals surface area contributed by atoms with Crippen molar-refractivity contribution in [1.29, 1.82) is 0 Å². The van der Waals surface area contributed by atoms with Gasteiger partial charge in [0, 0.05) is 68.3 Å². The first-order valence-corrected chi connectivity index (χ1v) is 20.0. The van der Waals surface area contributed by atoms with Gasteiger partial charge < -0.3 is 4.42 Å². The van der Waals surface area contributed by atoms with Gasteiger partial charge in [0.2, 0.25) is 5.71 Å². The maximum atomic E-state index is 6.50. The molecule has 256 valence electrons. The van der Waals surface area contributed by atoms with E-state index in [0.717, 1.165) is 55.4 Å². The summed E-state index contributed by atoms with van der Waals surface area (Å²) in [5, 5.41) is 8.10. The molecule has 55 heavy (non-hydrogen) atoms. The summed E-state index contributed by atoms with van der Waals surface area (Å²) in [7, 11) is 0. The molecular formula is C48H26N4OS2. The number of para-hydroxylation sites is 4. The molecule has 0 fully saturated rings. The molecule has 5 nitrogen and oxygen atoms in total. The van der Waals surface area contributed by atoms with E-state index in [-0.39, 0.29) is 0 Å². The monoisotopic (exact) mass is 738 g/mol. The molecule has 0 saturated carbocycles. The Morgan fingerprint density at radius 3 is 2.22 bits per heavy atom. The molecule has 6 heterocycles. The van der Waals surface area contributed by atoms with Crippen molar-refractivity contribution >= 4 is 98.2 Å². The Kier molecular flexibility index (Phi) is 5.92. The molecule has 5 aromatic heterocycles. The highest BCUT2D eigenvalue weighted by Crippen LogP contribution is 2.50. The van der Waals surface area contributed by atoms with Crippen molar-refractivity contribution in [2.75, 3.05) is 0 Å². The first kappa shape index (κ1) is 29.7. The van der Waals surface area contributed by atoms with Crippen LogP contribution in [-0.2, 0) is 0 Å². The lowest BCUT2D eigenvalue weighted by atomic mass is 10.0. The smallest absolute Gasteiger partial charge is 0.231 e. The van der Waals surface area contributed by atoms with E-state index < -0.39 is 0 Å². The summed E-state index contributed by atoms with van der Waals surface area (Å²) in [5.41, 5.74) is 10.1. The predicted molar refractivity (Wildman–Crippen MR) is 228 cm³/mol. The van der Waals surface area contributed by atoms with Gasteiger partial charge in [-0.3, -0.25) is 9.13 Å². The molecule has 0 bridgehead atoms. The highest BCUT2D eigenvalue weighted by molar-refractivity contribution is 7.99. The summed E-state index contributed by atoms with van der Waals surface area (Å²) in [6.07, 6.45) is 0. The van der Waals surface area contributed by atoms with Crippen LogP contribution >= 0.6 is 23.1 Å². The van der Waals surface area contributed by atoms with Crippen molar-refractivity contribution in [2.24, 2.45) is 0 Å². The molecule has 12 aromatic rings. The Morgan fingerprint density at radius 2 is 1.27 bits per heavy atom. The summed E-state index contributed by atoms with van der Waals surface area (Å²) in [4.78, 5) is 13.1. The third-order valence-corrected chi connectivity index (χ3v) is 13.4. The quantitative estimate of drug-likeness (QED) is 0.181. The third kappa shape index (κ3) is 4.08. The summed E-state index contributed by atoms with van der Waals surface area (Å²) in [6, 6.07) is 56.3. The standard InChI is InChI=1S/C48H26N4OS2/c1-2-11-29(12-3-1)51-35-24-22-28(25-34(35)42-33-15-10-20-40-45(33)52(48(42)51)36-16-6-9-19-39(36)55-40)46-49-44(43-32-14-4-7-17-37(32)53-47(43)50-46)27-21-23-31-30-13-5-8-18-38(30)54-41(31)26-27/h1-26H. The van der Waals surface area contributed by atoms with Gasteiger partial charge in [-0.1, -0.05) is 103 Å². The highest BCUT2D eigenvalue weighted by atomic mass is 32.2. The van der Waals surface area contributed by atoms with Gasteiger partial charge in [0.25, 0.3) is 0 Å². The molecule has 0 amide bonds. The largest absolute Gasteiger partial charge is 0.438 e. The van der Waals surface area contributed by atoms with Gasteiger partial charge in [-0.05, 0) is 66.7 Å². The van der Waals surface area contributed by atoms with Crippen LogP contribution < -0.4 is 0 Å². The molecule has 0 atom stereocenters. The van der Waals surface area contributed by atoms with Crippen LogP contribution in [0.5, 0.6) is 0 Å². The zero-order valence-electron chi connectivity index (χ0n) is 29.0. The van der Waals surface area contributed by atoms with Crippen molar-refractivity contribution in [3.05, 3.63) is 158 Å². The lowest BCUT2D eigenvalue weighted by Crippen LogP contribution is -2.05. The van der Waals surface area contributed by atoms with E-state index in [4.69, 9.17) is 14.4 Å². The first-order valence-electron chi connectivity index (χ1n) is 18.3. The number of nitrogens with zero attached hydrogens (tertiary/aromatic N) is 4. The van der Waals surface area contributed by atoms with Gasteiger partial charge in [-0.2, -0.15) is 4.98 Å². The number of fused-ring (bicyclic) bond motifs is 13. The number of furan rings is 1. The van der Waals surface area contributed by atoms with E-state index in [1.54, 1.807) is 0 Å². The third-order valence-electron chi connectivity index (χ3n) is 11.1. The van der Waals surface area contributed by atoms with Crippen molar-refractivity contribution in [2.45, 2.75) is 9.79 Å². The van der Waals surface area contributed by atoms with Gasteiger partial charge in [-0.25, -0.2) is 4.98 Å². The van der Waals surface area contributed by atoms with Crippen LogP contribution in [0.2, 0.25) is 0 Å². The Labute approximate surface area is 321 Å². The van der Waals surface area contributed by atoms with Crippen LogP contribution in [-0.4, -0.2) is 19.1 Å². The maximum Gasteiger partial charge on any atom is 0.231 e. The van der Waals surface area contributed by atoms with Gasteiger partial charge in [0.15, 0.2) is 5.82 Å². The maximum absolute atomic E-state index is 6.50. The molecule has 0 unspecified atom stereocenters. The van der Waals surface area contributed by atoms with Gasteiger partial charge in [0.05, 0.1) is 27.8 Å². The minimum Gasteiger partial charge on any atom is -0.438 e. The molecule has 13 rings (SSSR count). The normalized spacial score (nSPS) is 12.7. The topological polar surface area (TPSA) is 48.8 Å². The molecule has 0 spiro atoms. The average Bonchev–Trinajstić information content (AvgIpc) is 3.99. The van der Waals surface area contributed by atoms with Crippen LogP contribution in [0.3, 0.4) is 0 Å². The fourth-order valence-electron chi connectivity index (χ4n) is 8.79. The van der Waals surface area contributed by atoms with Gasteiger partial charge in [0.1, 0.15) is 11.2 Å². The lowest BCUT2D eigenvalue weighted by Gasteiger charge is -2.21. The molecule has 0 radical (unpaired) electrons. The van der Waals surface area contributed by atoms with Crippen LogP contribution in [0.15, 0.2) is 172 Å². The Morgan fingerprint density at radius 1 is 0.509 bits per heavy atom. The van der Waals surface area contributed by atoms with Crippen molar-refractivity contribution in [1.82, 2.24) is 19.1 Å². The minimum absolute atomic E-state index is 0.588. The lowest BCUT2D eigenvalue weighted by molar-refractivity contribution is 0.653. The summed E-state index contributed by atoms with van der Waals surface area (Å²) >= 11 is 3.66. The fraction of sp³-hybridized carbons (Fsp3) is 0. The number of benzene rings is 7. The van der Waals surface area contributed by atoms with E-state index in [0.29, 0.717) is 11.5 Å². The van der Waals surface area contributed by atoms with E-state index in [1.165, 1.54) is 51.9 Å². The number of aromatic nitrogens is 4. The Hall–Kier alpha value is -6.67. The molecule has 0 saturated heterocycles. The van der Waals surface area contributed by atoms with E-state index in [1.807, 2.05) is 35.2 Å². The van der Waals surface area contributed by atoms with Crippen molar-refractivity contribution in [3.63, 3.8) is 0 Å². The van der Waals surface area contributed by atoms with Crippen LogP contribution in [0, 0.1) is 0 Å². The summed E-state index contributed by atoms with van der Waals surface area (Å²) < 4.78 is 13.9. The fourth-order valence-corrected chi connectivity index (χ4v) is 11.0. The van der Waals surface area contributed by atoms with Gasteiger partial charge in [-0.15, -0.1) is 11.3 Å². The molecule has 0 aliphatic carbocycles. The molecular weight excluding hydrogens is 713 g/mol. The number of thiophene rings is 1. The van der Waals surface area contributed by atoms with E-state index in [2.05, 4.69) is 155 Å². The molecule has 7 heteroatoms. The Bertz CT molecular complexity index is 3590. The summed E-state index contributed by atoms with van der Waals surface area (Å²) in [6.45, 7) is 0. The zero-order chi connectivity index (χ0) is 35.8. The SMILES string of the molecule is c1ccc(-n2c3ccc(-c4nc(-c5ccc6c(c5)sc5ccccc56)c5c(n4)oc4ccccc45)cc3c3c4cccc5c4n(c32)-c2ccccc2S5)cc1. The summed E-state index contributed by atoms with van der Waals surface area (Å²) in [5.74, 6) is 0.634. The molecule has 7 aromatic carbocycles. The van der Waals surface area contributed by atoms with Crippen LogP contribution in [0.1, 0.15) is 0 Å². The first-order chi connectivity index (χ1) is 27.3. The van der Waals surface area contributed by atoms with Crippen molar-refractivity contribution in [3.8, 4) is 34.0 Å². The average molecular weight is 739 g/mol. The van der Waals surface area contributed by atoms with Crippen molar-refractivity contribution < 1.29 is 4.42 Å². The number of hydrogen-bond donors (Lipinski definition) is 0. The molecule has 0 N–H and O–H groups in total. The van der Waals surface area contributed by atoms with Gasteiger partial charge >= 0.3 is 0 Å². The number of hydrogen-bond acceptors (Lipinski definition) is 5. The predicted octanol–water partition coefficient (Wildman–Crippen LogP) is 13.6. The second kappa shape index (κ2) is 10.9. The molecule has 1 aliphatic rings. The second-order valence-electron chi connectivity index (χ2n) is 14.1. The Balaban J connectivity index is 1.11. The second-order valence-corrected chi connectivity index (χ2v) is 16.3. The zero-order valence-corrected chi connectivity index (χ0v) is 30.7.